The molecule has 0 amide bonds. The third-order valence-corrected chi connectivity index (χ3v) is 7.19. The summed E-state index contributed by atoms with van der Waals surface area (Å²) in [6.45, 7) is 4.26. The predicted octanol–water partition coefficient (Wildman–Crippen LogP) is 3.47. The number of benzene rings is 1. The molecule has 0 aliphatic carbocycles. The van der Waals surface area contributed by atoms with Gasteiger partial charge in [0.25, 0.3) is 0 Å². The van der Waals surface area contributed by atoms with Crippen molar-refractivity contribution in [1.29, 1.82) is 0 Å². The second-order valence-corrected chi connectivity index (χ2v) is 9.73. The van der Waals surface area contributed by atoms with Crippen molar-refractivity contribution >= 4 is 22.8 Å². The average molecular weight is 501 g/mol. The molecule has 10 nitrogen and oxygen atoms in total. The lowest BCUT2D eigenvalue weighted by atomic mass is 9.99. The Morgan fingerprint density at radius 1 is 1.14 bits per heavy atom. The first-order valence-corrected chi connectivity index (χ1v) is 12.6. The molecule has 4 aromatic rings. The third kappa shape index (κ3) is 4.02. The molecule has 3 aromatic heterocycles. The summed E-state index contributed by atoms with van der Waals surface area (Å²) in [5.74, 6) is 2.17. The summed E-state index contributed by atoms with van der Waals surface area (Å²) < 4.78 is 24.9. The molecule has 1 spiro atoms. The summed E-state index contributed by atoms with van der Waals surface area (Å²) in [6, 6.07) is 8.25. The fourth-order valence-corrected chi connectivity index (χ4v) is 5.24. The number of nitrogens with zero attached hydrogens (tertiary/aromatic N) is 5. The van der Waals surface area contributed by atoms with Crippen LogP contribution in [0.1, 0.15) is 12.0 Å². The van der Waals surface area contributed by atoms with E-state index in [0.29, 0.717) is 25.6 Å². The first kappa shape index (κ1) is 22.3. The predicted molar refractivity (Wildman–Crippen MR) is 138 cm³/mol. The van der Waals surface area contributed by atoms with Gasteiger partial charge in [0.1, 0.15) is 11.4 Å². The van der Waals surface area contributed by atoms with Crippen LogP contribution in [-0.4, -0.2) is 71.6 Å². The highest BCUT2D eigenvalue weighted by atomic mass is 16.6. The van der Waals surface area contributed by atoms with Crippen molar-refractivity contribution in [3.63, 3.8) is 0 Å². The highest BCUT2D eigenvalue weighted by Gasteiger charge is 2.44. The molecule has 0 unspecified atom stereocenters. The Hall–Kier alpha value is -3.89. The number of pyridine rings is 1. The van der Waals surface area contributed by atoms with Crippen molar-refractivity contribution in [3.8, 4) is 22.9 Å². The van der Waals surface area contributed by atoms with Gasteiger partial charge in [-0.2, -0.15) is 0 Å². The number of hydrogen-bond donors (Lipinski definition) is 1. The van der Waals surface area contributed by atoms with Crippen LogP contribution in [0.4, 0.5) is 17.2 Å². The quantitative estimate of drug-likeness (QED) is 0.442. The van der Waals surface area contributed by atoms with E-state index in [-0.39, 0.29) is 5.60 Å². The van der Waals surface area contributed by atoms with E-state index in [1.807, 2.05) is 35.1 Å². The van der Waals surface area contributed by atoms with Gasteiger partial charge in [0.05, 0.1) is 51.5 Å². The normalized spacial score (nSPS) is 18.2. The zero-order valence-corrected chi connectivity index (χ0v) is 20.6. The molecule has 37 heavy (non-hydrogen) atoms. The van der Waals surface area contributed by atoms with Crippen LogP contribution in [-0.2, 0) is 15.9 Å². The van der Waals surface area contributed by atoms with Crippen molar-refractivity contribution in [1.82, 2.24) is 19.4 Å². The minimum Gasteiger partial charge on any atom is -0.495 e. The fourth-order valence-electron chi connectivity index (χ4n) is 5.24. The maximum atomic E-state index is 5.99. The molecule has 2 saturated heterocycles. The number of nitrogens with one attached hydrogen (secondary N) is 1. The van der Waals surface area contributed by atoms with E-state index in [4.69, 9.17) is 23.9 Å². The molecule has 10 heteroatoms. The highest BCUT2D eigenvalue weighted by molar-refractivity contribution is 5.76. The first-order chi connectivity index (χ1) is 18.2. The largest absolute Gasteiger partial charge is 0.495 e. The molecule has 3 aliphatic heterocycles. The van der Waals surface area contributed by atoms with Crippen molar-refractivity contribution < 1.29 is 18.9 Å². The van der Waals surface area contributed by atoms with Gasteiger partial charge < -0.3 is 33.6 Å². The molecule has 6 heterocycles. The number of imidazole rings is 1. The number of ether oxygens (including phenoxy) is 4. The summed E-state index contributed by atoms with van der Waals surface area (Å²) in [5, 5.41) is 3.47. The van der Waals surface area contributed by atoms with Crippen molar-refractivity contribution in [3.05, 3.63) is 54.6 Å². The molecule has 2 fully saturated rings. The van der Waals surface area contributed by atoms with Gasteiger partial charge in [0, 0.05) is 54.2 Å². The Morgan fingerprint density at radius 2 is 2.08 bits per heavy atom. The lowest BCUT2D eigenvalue weighted by molar-refractivity contribution is -0.211. The molecule has 0 atom stereocenters. The number of hydrogen-bond acceptors (Lipinski definition) is 9. The molecule has 1 aromatic carbocycles. The zero-order valence-electron chi connectivity index (χ0n) is 20.6. The van der Waals surface area contributed by atoms with E-state index >= 15 is 0 Å². The van der Waals surface area contributed by atoms with Crippen LogP contribution in [0.5, 0.6) is 11.6 Å². The Labute approximate surface area is 214 Å². The van der Waals surface area contributed by atoms with E-state index in [0.717, 1.165) is 78.0 Å². The second kappa shape index (κ2) is 8.89. The van der Waals surface area contributed by atoms with Crippen molar-refractivity contribution in [2.45, 2.75) is 18.4 Å². The monoisotopic (exact) mass is 500 g/mol. The molecule has 0 radical (unpaired) electrons. The minimum atomic E-state index is -0.200. The van der Waals surface area contributed by atoms with Gasteiger partial charge in [-0.1, -0.05) is 0 Å². The summed E-state index contributed by atoms with van der Waals surface area (Å²) in [5.41, 5.74) is 5.30. The second-order valence-electron chi connectivity index (χ2n) is 9.73. The number of methoxy groups -OCH3 is 1. The molecule has 190 valence electrons. The van der Waals surface area contributed by atoms with E-state index in [1.165, 1.54) is 0 Å². The van der Waals surface area contributed by atoms with Crippen LogP contribution >= 0.6 is 0 Å². The minimum absolute atomic E-state index is 0.200. The van der Waals surface area contributed by atoms with Gasteiger partial charge in [-0.3, -0.25) is 0 Å². The van der Waals surface area contributed by atoms with Gasteiger partial charge in [-0.05, 0) is 31.0 Å². The van der Waals surface area contributed by atoms with Gasteiger partial charge in [-0.15, -0.1) is 0 Å². The number of fused-ring (bicyclic) bond motifs is 2. The number of anilines is 3. The molecule has 3 aliphatic rings. The Balaban J connectivity index is 1.20. The molecule has 0 saturated carbocycles. The van der Waals surface area contributed by atoms with Gasteiger partial charge in [0.2, 0.25) is 5.88 Å². The summed E-state index contributed by atoms with van der Waals surface area (Å²) in [4.78, 5) is 16.3. The summed E-state index contributed by atoms with van der Waals surface area (Å²) in [6.07, 6.45) is 9.44. The fraction of sp³-hybridized carbons (Fsp3) is 0.370. The molecule has 0 bridgehead atoms. The molecule has 1 N–H and O–H groups in total. The van der Waals surface area contributed by atoms with Crippen molar-refractivity contribution in [2.75, 3.05) is 56.8 Å². The number of rotatable bonds is 5. The lowest BCUT2D eigenvalue weighted by Crippen LogP contribution is -2.63. The van der Waals surface area contributed by atoms with Crippen LogP contribution < -0.4 is 19.7 Å². The zero-order chi connectivity index (χ0) is 24.8. The van der Waals surface area contributed by atoms with Crippen LogP contribution in [0.25, 0.3) is 16.9 Å². The van der Waals surface area contributed by atoms with Crippen LogP contribution in [0.15, 0.2) is 49.1 Å². The smallest absolute Gasteiger partial charge is 0.216 e. The Kier molecular flexibility index (Phi) is 5.37. The van der Waals surface area contributed by atoms with E-state index in [2.05, 4.69) is 32.3 Å². The van der Waals surface area contributed by atoms with Gasteiger partial charge in [0.15, 0.2) is 11.5 Å². The van der Waals surface area contributed by atoms with Crippen molar-refractivity contribution in [2.24, 2.45) is 0 Å². The average Bonchev–Trinajstić information content (AvgIpc) is 3.41. The standard InChI is InChI=1S/C27H28N6O4/c1-34-23-12-20(4-5-22(23)33-8-10-37-27(15-33)16-35-17-27)30-24-25-28-6-7-32(25)14-21(31-24)19-11-18-3-2-9-36-26(18)29-13-19/h4-7,11-14H,2-3,8-10,15-17H2,1H3,(H,30,31). The maximum Gasteiger partial charge on any atom is 0.216 e. The van der Waals surface area contributed by atoms with E-state index in [1.54, 1.807) is 13.3 Å². The topological polar surface area (TPSA) is 95.3 Å². The molecular formula is C27H28N6O4. The molecular weight excluding hydrogens is 472 g/mol. The van der Waals surface area contributed by atoms with E-state index in [9.17, 15) is 0 Å². The Bertz CT molecular complexity index is 1470. The summed E-state index contributed by atoms with van der Waals surface area (Å²) in [7, 11) is 1.70. The molecule has 7 rings (SSSR count). The maximum absolute atomic E-state index is 5.99. The number of morpholine rings is 1. The van der Waals surface area contributed by atoms with Crippen LogP contribution in [0.2, 0.25) is 0 Å². The highest BCUT2D eigenvalue weighted by Crippen LogP contribution is 2.37. The van der Waals surface area contributed by atoms with E-state index < -0.39 is 0 Å². The summed E-state index contributed by atoms with van der Waals surface area (Å²) >= 11 is 0. The lowest BCUT2D eigenvalue weighted by Gasteiger charge is -2.48. The van der Waals surface area contributed by atoms with Gasteiger partial charge in [-0.25, -0.2) is 15.0 Å². The first-order valence-electron chi connectivity index (χ1n) is 12.6. The van der Waals surface area contributed by atoms with Crippen LogP contribution in [0, 0.1) is 0 Å². The van der Waals surface area contributed by atoms with Crippen LogP contribution in [0.3, 0.4) is 0 Å². The number of aryl methyl sites for hydroxylation is 1. The SMILES string of the molecule is COc1cc(Nc2nc(-c3cnc4c(c3)CCCO4)cn3ccnc23)ccc1N1CCOC2(COC2)C1. The Morgan fingerprint density at radius 3 is 2.95 bits per heavy atom. The number of aromatic nitrogens is 4. The third-order valence-electron chi connectivity index (χ3n) is 7.19. The van der Waals surface area contributed by atoms with Gasteiger partial charge >= 0.3 is 0 Å².